The molecule has 1 aromatic heterocycles. The molecule has 13 heteroatoms. The lowest BCUT2D eigenvalue weighted by molar-refractivity contribution is -0.137. The van der Waals surface area contributed by atoms with Crippen LogP contribution in [0, 0.1) is 0 Å². The molecule has 0 aliphatic heterocycles. The third-order valence-corrected chi connectivity index (χ3v) is 6.44. The highest BCUT2D eigenvalue weighted by molar-refractivity contribution is 7.89. The minimum atomic E-state index is -4.94. The van der Waals surface area contributed by atoms with E-state index in [2.05, 4.69) is 4.99 Å². The quantitative estimate of drug-likeness (QED) is 0.339. The van der Waals surface area contributed by atoms with Crippen molar-refractivity contribution in [3.8, 4) is 10.4 Å². The van der Waals surface area contributed by atoms with Crippen LogP contribution in [-0.4, -0.2) is 20.3 Å². The SMILES string of the molecule is N/C(=C\C(=Nc1ccccc1C(F)(F)F)c1ccc(-c2cccc(S(N)(=O)=O)c2)s1)C(F)(F)F. The molecule has 0 saturated heterocycles. The van der Waals surface area contributed by atoms with E-state index >= 15 is 0 Å². The number of halogens is 6. The van der Waals surface area contributed by atoms with Gasteiger partial charge in [0.1, 0.15) is 5.70 Å². The van der Waals surface area contributed by atoms with Gasteiger partial charge in [0.25, 0.3) is 0 Å². The summed E-state index contributed by atoms with van der Waals surface area (Å²) in [5, 5.41) is 5.12. The van der Waals surface area contributed by atoms with Crippen molar-refractivity contribution in [3.63, 3.8) is 0 Å². The van der Waals surface area contributed by atoms with Crippen LogP contribution in [0.25, 0.3) is 10.4 Å². The summed E-state index contributed by atoms with van der Waals surface area (Å²) in [5.74, 6) is 0. The zero-order valence-corrected chi connectivity index (χ0v) is 18.5. The zero-order chi connectivity index (χ0) is 25.3. The van der Waals surface area contributed by atoms with Gasteiger partial charge >= 0.3 is 12.4 Å². The topological polar surface area (TPSA) is 98.5 Å². The van der Waals surface area contributed by atoms with Crippen LogP contribution >= 0.6 is 11.3 Å². The van der Waals surface area contributed by atoms with Crippen molar-refractivity contribution in [2.75, 3.05) is 0 Å². The molecule has 0 atom stereocenters. The Hall–Kier alpha value is -3.16. The number of rotatable bonds is 5. The average Bonchev–Trinajstić information content (AvgIpc) is 3.22. The molecule has 180 valence electrons. The first-order valence-electron chi connectivity index (χ1n) is 9.19. The number of para-hydroxylation sites is 1. The molecule has 0 amide bonds. The standard InChI is InChI=1S/C21H15F6N3O2S2/c22-20(23,24)14-6-1-2-7-15(14)30-16(11-19(28)21(25,26)27)18-9-8-17(33-18)12-4-3-5-13(10-12)34(29,31)32/h1-11H,28H2,(H2,29,31,32)/b19-11-,30-16?. The number of thiophene rings is 1. The molecule has 0 radical (unpaired) electrons. The first kappa shape index (κ1) is 25.5. The van der Waals surface area contributed by atoms with Gasteiger partial charge in [-0.2, -0.15) is 26.3 Å². The molecule has 5 nitrogen and oxygen atoms in total. The van der Waals surface area contributed by atoms with Crippen molar-refractivity contribution in [2.45, 2.75) is 17.2 Å². The lowest BCUT2D eigenvalue weighted by atomic mass is 10.1. The number of nitrogens with two attached hydrogens (primary N) is 2. The summed E-state index contributed by atoms with van der Waals surface area (Å²) in [7, 11) is -4.01. The first-order valence-corrected chi connectivity index (χ1v) is 11.6. The predicted molar refractivity (Wildman–Crippen MR) is 117 cm³/mol. The maximum atomic E-state index is 13.4. The zero-order valence-electron chi connectivity index (χ0n) is 16.9. The van der Waals surface area contributed by atoms with Crippen molar-refractivity contribution in [3.05, 3.63) is 82.9 Å². The number of benzene rings is 2. The minimum absolute atomic E-state index is 0.0696. The first-order chi connectivity index (χ1) is 15.7. The van der Waals surface area contributed by atoms with Crippen molar-refractivity contribution >= 4 is 32.8 Å². The van der Waals surface area contributed by atoms with Gasteiger partial charge in [0.15, 0.2) is 0 Å². The fourth-order valence-corrected chi connectivity index (χ4v) is 4.31. The van der Waals surface area contributed by atoms with Gasteiger partial charge in [-0.3, -0.25) is 0 Å². The number of hydrogen-bond donors (Lipinski definition) is 2. The van der Waals surface area contributed by atoms with E-state index in [4.69, 9.17) is 10.9 Å². The Morgan fingerprint density at radius 1 is 0.941 bits per heavy atom. The van der Waals surface area contributed by atoms with Crippen LogP contribution in [-0.2, 0) is 16.2 Å². The maximum absolute atomic E-state index is 13.4. The van der Waals surface area contributed by atoms with Gasteiger partial charge in [0, 0.05) is 4.88 Å². The fourth-order valence-electron chi connectivity index (χ4n) is 2.79. The Morgan fingerprint density at radius 3 is 2.24 bits per heavy atom. The molecule has 0 bridgehead atoms. The predicted octanol–water partition coefficient (Wildman–Crippen LogP) is 5.61. The lowest BCUT2D eigenvalue weighted by Crippen LogP contribution is -2.20. The molecule has 4 N–H and O–H groups in total. The Morgan fingerprint density at radius 2 is 1.62 bits per heavy atom. The van der Waals surface area contributed by atoms with Crippen molar-refractivity contribution in [2.24, 2.45) is 15.9 Å². The van der Waals surface area contributed by atoms with Gasteiger partial charge in [-0.1, -0.05) is 24.3 Å². The molecule has 1 heterocycles. The number of sulfonamides is 1. The number of aliphatic imine (C=N–C) groups is 1. The van der Waals surface area contributed by atoms with E-state index in [0.717, 1.165) is 29.5 Å². The molecular formula is C21H15F6N3O2S2. The maximum Gasteiger partial charge on any atom is 0.430 e. The Bertz CT molecular complexity index is 1370. The summed E-state index contributed by atoms with van der Waals surface area (Å²) < 4.78 is 103. The van der Waals surface area contributed by atoms with Crippen LogP contribution in [0.5, 0.6) is 0 Å². The Balaban J connectivity index is 2.16. The van der Waals surface area contributed by atoms with E-state index in [9.17, 15) is 34.8 Å². The lowest BCUT2D eigenvalue weighted by Gasteiger charge is -2.11. The highest BCUT2D eigenvalue weighted by Gasteiger charge is 2.34. The molecular weight excluding hydrogens is 504 g/mol. The molecule has 0 aliphatic carbocycles. The fraction of sp³-hybridized carbons (Fsp3) is 0.0952. The molecule has 0 saturated carbocycles. The molecule has 34 heavy (non-hydrogen) atoms. The number of alkyl halides is 6. The van der Waals surface area contributed by atoms with Gasteiger partial charge in [0.2, 0.25) is 10.0 Å². The molecule has 0 fully saturated rings. The Kier molecular flexibility index (Phi) is 6.92. The van der Waals surface area contributed by atoms with Crippen molar-refractivity contribution in [1.82, 2.24) is 0 Å². The second-order valence-corrected chi connectivity index (χ2v) is 9.49. The molecule has 3 aromatic rings. The van der Waals surface area contributed by atoms with E-state index in [-0.39, 0.29) is 9.77 Å². The highest BCUT2D eigenvalue weighted by atomic mass is 32.2. The average molecular weight is 519 g/mol. The van der Waals surface area contributed by atoms with Crippen LogP contribution in [0.4, 0.5) is 32.0 Å². The minimum Gasteiger partial charge on any atom is -0.395 e. The number of primary sulfonamides is 1. The van der Waals surface area contributed by atoms with Gasteiger partial charge in [-0.05, 0) is 48.0 Å². The summed E-state index contributed by atoms with van der Waals surface area (Å²) in [6.07, 6.45) is -9.28. The van der Waals surface area contributed by atoms with Gasteiger partial charge in [0.05, 0.1) is 26.7 Å². The monoisotopic (exact) mass is 519 g/mol. The molecule has 0 unspecified atom stereocenters. The summed E-state index contributed by atoms with van der Waals surface area (Å²) in [5.41, 5.74) is 1.75. The van der Waals surface area contributed by atoms with Gasteiger partial charge < -0.3 is 5.73 Å². The van der Waals surface area contributed by atoms with Crippen LogP contribution in [0.2, 0.25) is 0 Å². The summed E-state index contributed by atoms with van der Waals surface area (Å²) in [4.78, 5) is 4.14. The largest absolute Gasteiger partial charge is 0.430 e. The summed E-state index contributed by atoms with van der Waals surface area (Å²) in [6.45, 7) is 0. The molecule has 2 aromatic carbocycles. The van der Waals surface area contributed by atoms with E-state index in [1.807, 2.05) is 0 Å². The summed E-state index contributed by atoms with van der Waals surface area (Å²) >= 11 is 0.883. The molecule has 3 rings (SSSR count). The second-order valence-electron chi connectivity index (χ2n) is 6.85. The van der Waals surface area contributed by atoms with E-state index < -0.39 is 45.0 Å². The second kappa shape index (κ2) is 9.24. The van der Waals surface area contributed by atoms with Crippen molar-refractivity contribution < 1.29 is 34.8 Å². The third-order valence-electron chi connectivity index (χ3n) is 4.38. The molecule has 0 aliphatic rings. The smallest absolute Gasteiger partial charge is 0.395 e. The van der Waals surface area contributed by atoms with Gasteiger partial charge in [-0.15, -0.1) is 11.3 Å². The highest BCUT2D eigenvalue weighted by Crippen LogP contribution is 2.37. The van der Waals surface area contributed by atoms with Crippen LogP contribution in [0.15, 0.2) is 82.3 Å². The third kappa shape index (κ3) is 6.04. The van der Waals surface area contributed by atoms with Gasteiger partial charge in [-0.25, -0.2) is 18.5 Å². The van der Waals surface area contributed by atoms with E-state index in [1.54, 1.807) is 6.07 Å². The van der Waals surface area contributed by atoms with Crippen molar-refractivity contribution in [1.29, 1.82) is 0 Å². The number of hydrogen-bond acceptors (Lipinski definition) is 5. The number of allylic oxidation sites excluding steroid dienone is 2. The van der Waals surface area contributed by atoms with Crippen LogP contribution < -0.4 is 10.9 Å². The summed E-state index contributed by atoms with van der Waals surface area (Å²) in [6, 6.07) is 12.5. The number of nitrogens with zero attached hydrogens (tertiary/aromatic N) is 1. The van der Waals surface area contributed by atoms with E-state index in [0.29, 0.717) is 16.5 Å². The van der Waals surface area contributed by atoms with Crippen LogP contribution in [0.3, 0.4) is 0 Å². The van der Waals surface area contributed by atoms with E-state index in [1.165, 1.54) is 36.4 Å². The normalized spacial score (nSPS) is 13.9. The Labute approximate surface area is 194 Å². The van der Waals surface area contributed by atoms with Crippen LogP contribution in [0.1, 0.15) is 10.4 Å². The molecule has 0 spiro atoms.